The minimum Gasteiger partial charge on any atom is -0.464 e. The first-order valence-electron chi connectivity index (χ1n) is 15.5. The summed E-state index contributed by atoms with van der Waals surface area (Å²) in [6.07, 6.45) is -0.692. The summed E-state index contributed by atoms with van der Waals surface area (Å²) in [5.41, 5.74) is 5.33. The molecule has 0 radical (unpaired) electrons. The van der Waals surface area contributed by atoms with Crippen molar-refractivity contribution in [3.63, 3.8) is 0 Å². The molecule has 2 aromatic heterocycles. The predicted octanol–water partition coefficient (Wildman–Crippen LogP) is 3.16. The second-order valence-electron chi connectivity index (χ2n) is 11.9. The number of fused-ring (bicyclic) bond motifs is 1. The number of rotatable bonds is 13. The highest BCUT2D eigenvalue weighted by molar-refractivity contribution is 7.52. The molecule has 2 aliphatic rings. The van der Waals surface area contributed by atoms with E-state index >= 15 is 0 Å². The van der Waals surface area contributed by atoms with Crippen LogP contribution in [0.15, 0.2) is 48.8 Å². The minimum atomic E-state index is -4.38. The van der Waals surface area contributed by atoms with Crippen molar-refractivity contribution < 1.29 is 51.7 Å². The average molecular weight is 690 g/mol. The van der Waals surface area contributed by atoms with Crippen molar-refractivity contribution in [1.82, 2.24) is 19.7 Å². The largest absolute Gasteiger partial charge is 0.464 e. The predicted molar refractivity (Wildman–Crippen MR) is 168 cm³/mol. The lowest BCUT2D eigenvalue weighted by Crippen LogP contribution is -2.48. The molecule has 3 N–H and O–H groups in total. The molecule has 3 aromatic rings. The third-order valence-electron chi connectivity index (χ3n) is 7.99. The van der Waals surface area contributed by atoms with E-state index in [1.165, 1.54) is 31.6 Å². The van der Waals surface area contributed by atoms with E-state index in [0.29, 0.717) is 24.4 Å². The van der Waals surface area contributed by atoms with Gasteiger partial charge in [0, 0.05) is 27.1 Å². The number of esters is 3. The molecule has 17 heteroatoms. The molecular weight excluding hydrogens is 649 g/mol. The van der Waals surface area contributed by atoms with Gasteiger partial charge < -0.3 is 33.9 Å². The highest BCUT2D eigenvalue weighted by atomic mass is 31.2. The van der Waals surface area contributed by atoms with Gasteiger partial charge in [0.25, 0.3) is 0 Å². The fraction of sp³-hybridized carbons (Fsp3) is 0.516. The molecule has 0 unspecified atom stereocenters. The van der Waals surface area contributed by atoms with Gasteiger partial charge in [-0.15, -0.1) is 0 Å². The lowest BCUT2D eigenvalue weighted by atomic mass is 9.96. The summed E-state index contributed by atoms with van der Waals surface area (Å²) < 4.78 is 56.3. The number of para-hydroxylation sites is 1. The van der Waals surface area contributed by atoms with Crippen molar-refractivity contribution in [2.24, 2.45) is 5.92 Å². The third kappa shape index (κ3) is 8.31. The van der Waals surface area contributed by atoms with E-state index < -0.39 is 62.2 Å². The fourth-order valence-corrected chi connectivity index (χ4v) is 7.19. The van der Waals surface area contributed by atoms with Gasteiger partial charge in [-0.25, -0.2) is 14.1 Å². The van der Waals surface area contributed by atoms with Gasteiger partial charge in [0.1, 0.15) is 35.3 Å². The molecule has 6 atom stereocenters. The van der Waals surface area contributed by atoms with Gasteiger partial charge in [-0.3, -0.25) is 18.9 Å². The number of hydrogen-bond donors (Lipinski definition) is 2. The van der Waals surface area contributed by atoms with Crippen LogP contribution in [-0.4, -0.2) is 82.8 Å². The van der Waals surface area contributed by atoms with Crippen molar-refractivity contribution in [1.29, 1.82) is 0 Å². The number of carbonyl (C=O) groups is 3. The molecule has 0 aliphatic carbocycles. The Morgan fingerprint density at radius 2 is 1.81 bits per heavy atom. The molecular formula is C31H40N5O11P. The van der Waals surface area contributed by atoms with Crippen LogP contribution in [0.4, 0.5) is 5.82 Å². The number of carbonyl (C=O) groups excluding carboxylic acids is 3. The molecule has 48 heavy (non-hydrogen) atoms. The van der Waals surface area contributed by atoms with Crippen LogP contribution < -0.4 is 15.3 Å². The van der Waals surface area contributed by atoms with Crippen LogP contribution in [0.5, 0.6) is 5.75 Å². The zero-order valence-corrected chi connectivity index (χ0v) is 28.0. The second kappa shape index (κ2) is 15.0. The second-order valence-corrected chi connectivity index (χ2v) is 13.6. The first-order chi connectivity index (χ1) is 22.9. The molecule has 0 amide bonds. The Morgan fingerprint density at radius 1 is 1.10 bits per heavy atom. The molecule has 0 spiro atoms. The number of benzene rings is 1. The molecule has 0 bridgehead atoms. The quantitative estimate of drug-likeness (QED) is 0.150. The summed E-state index contributed by atoms with van der Waals surface area (Å²) in [5.74, 6) is -1.46. The zero-order chi connectivity index (χ0) is 34.5. The molecule has 260 valence electrons. The zero-order valence-electron chi connectivity index (χ0n) is 27.1. The standard InChI is InChI=1S/C31H40N5O11P/c1-19(30(39)42-16-22-12-14-41-15-13-22)35-48(40,47-23-8-6-5-7-9-23)43-17-31(4)28(45-21(3)38)27(44-20(2)37)26(46-31)24-10-11-25-29(32)33-18-34-36(24)25/h5-11,18-19,22,26-28H,12-17H2,1-4H3,(H,35,40)(H2,32,33,34)/t19-,26-,27-,28-,31+,48+/m0/s1. The van der Waals surface area contributed by atoms with Gasteiger partial charge in [-0.1, -0.05) is 18.2 Å². The van der Waals surface area contributed by atoms with Crippen molar-refractivity contribution in [2.75, 3.05) is 32.2 Å². The summed E-state index contributed by atoms with van der Waals surface area (Å²) in [6, 6.07) is 10.5. The van der Waals surface area contributed by atoms with E-state index in [4.69, 9.17) is 38.5 Å². The molecule has 5 rings (SSSR count). The van der Waals surface area contributed by atoms with Gasteiger partial charge >= 0.3 is 25.7 Å². The maximum atomic E-state index is 14.3. The number of anilines is 1. The maximum absolute atomic E-state index is 14.3. The van der Waals surface area contributed by atoms with Gasteiger partial charge in [0.05, 0.1) is 18.9 Å². The minimum absolute atomic E-state index is 0.162. The van der Waals surface area contributed by atoms with Crippen LogP contribution in [0.1, 0.15) is 52.3 Å². The van der Waals surface area contributed by atoms with E-state index in [1.54, 1.807) is 49.4 Å². The summed E-state index contributed by atoms with van der Waals surface area (Å²) >= 11 is 0. The summed E-state index contributed by atoms with van der Waals surface area (Å²) in [7, 11) is -4.38. The molecule has 16 nitrogen and oxygen atoms in total. The Bertz CT molecular complexity index is 1650. The number of hydrogen-bond acceptors (Lipinski definition) is 14. The summed E-state index contributed by atoms with van der Waals surface area (Å²) in [4.78, 5) is 41.6. The summed E-state index contributed by atoms with van der Waals surface area (Å²) in [6.45, 7) is 6.30. The number of nitrogens with zero attached hydrogens (tertiary/aromatic N) is 3. The fourth-order valence-electron chi connectivity index (χ4n) is 5.60. The monoisotopic (exact) mass is 689 g/mol. The normalized spacial score (nSPS) is 24.8. The number of ether oxygens (including phenoxy) is 5. The molecule has 2 saturated heterocycles. The Balaban J connectivity index is 1.41. The lowest BCUT2D eigenvalue weighted by molar-refractivity contribution is -0.169. The van der Waals surface area contributed by atoms with Crippen molar-refractivity contribution in [3.8, 4) is 5.75 Å². The Kier molecular flexibility index (Phi) is 11.0. The van der Waals surface area contributed by atoms with Crippen molar-refractivity contribution in [2.45, 2.75) is 70.5 Å². The van der Waals surface area contributed by atoms with Crippen LogP contribution in [0.3, 0.4) is 0 Å². The number of nitrogens with one attached hydrogen (secondary N) is 1. The van der Waals surface area contributed by atoms with E-state index in [0.717, 1.165) is 12.8 Å². The van der Waals surface area contributed by atoms with Crippen molar-refractivity contribution in [3.05, 3.63) is 54.5 Å². The van der Waals surface area contributed by atoms with Gasteiger partial charge in [0.15, 0.2) is 18.0 Å². The number of nitrogen functional groups attached to an aromatic ring is 1. The molecule has 0 saturated carbocycles. The van der Waals surface area contributed by atoms with Gasteiger partial charge in [-0.05, 0) is 56.9 Å². The van der Waals surface area contributed by atoms with Crippen molar-refractivity contribution >= 4 is 37.0 Å². The van der Waals surface area contributed by atoms with Crippen LogP contribution in [-0.2, 0) is 47.2 Å². The van der Waals surface area contributed by atoms with E-state index in [9.17, 15) is 18.9 Å². The van der Waals surface area contributed by atoms with Crippen LogP contribution >= 0.6 is 7.75 Å². The topological polar surface area (TPSA) is 201 Å². The van der Waals surface area contributed by atoms with E-state index in [-0.39, 0.29) is 24.1 Å². The molecule has 4 heterocycles. The SMILES string of the molecule is CC(=O)O[C@H]1[C@H](c2ccc3c(N)ncnn23)O[C@](C)(CO[P@](=O)(N[C@@H](C)C(=O)OCC2CCOCC2)Oc2ccccc2)[C@H]1OC(C)=O. The first kappa shape index (κ1) is 35.2. The summed E-state index contributed by atoms with van der Waals surface area (Å²) in [5, 5.41) is 6.93. The van der Waals surface area contributed by atoms with Crippen LogP contribution in [0.25, 0.3) is 5.52 Å². The first-order valence-corrected chi connectivity index (χ1v) is 17.0. The smallest absolute Gasteiger partial charge is 0.459 e. The Labute approximate surface area is 277 Å². The van der Waals surface area contributed by atoms with E-state index in [2.05, 4.69) is 15.2 Å². The maximum Gasteiger partial charge on any atom is 0.459 e. The van der Waals surface area contributed by atoms with Crippen LogP contribution in [0.2, 0.25) is 0 Å². The molecule has 2 aliphatic heterocycles. The highest BCUT2D eigenvalue weighted by Crippen LogP contribution is 2.49. The van der Waals surface area contributed by atoms with Gasteiger partial charge in [-0.2, -0.15) is 10.2 Å². The Hall–Kier alpha value is -4.08. The average Bonchev–Trinajstić information content (AvgIpc) is 3.59. The highest BCUT2D eigenvalue weighted by Gasteiger charge is 2.58. The third-order valence-corrected chi connectivity index (χ3v) is 9.61. The number of nitrogens with two attached hydrogens (primary N) is 1. The molecule has 1 aromatic carbocycles. The Morgan fingerprint density at radius 3 is 2.50 bits per heavy atom. The van der Waals surface area contributed by atoms with Gasteiger partial charge in [0.2, 0.25) is 0 Å². The van der Waals surface area contributed by atoms with E-state index in [1.807, 2.05) is 0 Å². The van der Waals surface area contributed by atoms with Crippen LogP contribution in [0, 0.1) is 5.92 Å². The lowest BCUT2D eigenvalue weighted by Gasteiger charge is -2.32. The number of aromatic nitrogens is 3. The molecule has 2 fully saturated rings.